The minimum atomic E-state index is -4.43. The van der Waals surface area contributed by atoms with E-state index >= 15 is 0 Å². The number of amides is 1. The van der Waals surface area contributed by atoms with E-state index < -0.39 is 33.7 Å². The predicted molar refractivity (Wildman–Crippen MR) is 63.7 cm³/mol. The number of carbonyl (C=O) groups excluding carboxylic acids is 1. The molecule has 0 unspecified atom stereocenters. The number of hydrogen-bond acceptors (Lipinski definition) is 4. The lowest BCUT2D eigenvalue weighted by Crippen LogP contribution is -2.35. The van der Waals surface area contributed by atoms with Crippen molar-refractivity contribution in [2.24, 2.45) is 0 Å². The van der Waals surface area contributed by atoms with Crippen LogP contribution in [0, 0.1) is 0 Å². The number of rotatable bonds is 8. The summed E-state index contributed by atoms with van der Waals surface area (Å²) in [6.07, 6.45) is -0.569. The van der Waals surface area contributed by atoms with Crippen LogP contribution in [0.15, 0.2) is 12.7 Å². The van der Waals surface area contributed by atoms with E-state index in [9.17, 15) is 13.9 Å². The Labute approximate surface area is 104 Å². The van der Waals surface area contributed by atoms with Crippen molar-refractivity contribution in [2.75, 3.05) is 25.7 Å². The summed E-state index contributed by atoms with van der Waals surface area (Å²) < 4.78 is 21.6. The summed E-state index contributed by atoms with van der Waals surface area (Å²) in [6, 6.07) is 0. The van der Waals surface area contributed by atoms with Crippen molar-refractivity contribution in [1.29, 1.82) is 0 Å². The minimum Gasteiger partial charge on any atom is -0.351 e. The van der Waals surface area contributed by atoms with Crippen LogP contribution in [0.25, 0.3) is 0 Å². The van der Waals surface area contributed by atoms with Crippen LogP contribution in [0.5, 0.6) is 0 Å². The van der Waals surface area contributed by atoms with Crippen molar-refractivity contribution in [3.8, 4) is 0 Å². The summed E-state index contributed by atoms with van der Waals surface area (Å²) in [5.41, 5.74) is 0. The first-order chi connectivity index (χ1) is 8.03. The topological polar surface area (TPSA) is 147 Å². The molecule has 0 aromatic heterocycles. The number of hydrogen-bond donors (Lipinski definition) is 5. The van der Waals surface area contributed by atoms with Crippen molar-refractivity contribution in [1.82, 2.24) is 10.2 Å². The summed E-state index contributed by atoms with van der Waals surface area (Å²) in [4.78, 5) is 46.7. The quantitative estimate of drug-likeness (QED) is 0.279. The monoisotopic (exact) mass is 302 g/mol. The van der Waals surface area contributed by atoms with Gasteiger partial charge in [0.25, 0.3) is 0 Å². The third-order valence-electron chi connectivity index (χ3n) is 1.68. The summed E-state index contributed by atoms with van der Waals surface area (Å²) in [5.74, 6) is -0.484. The smallest absolute Gasteiger partial charge is 0.339 e. The molecule has 0 saturated heterocycles. The van der Waals surface area contributed by atoms with Crippen LogP contribution < -0.4 is 5.32 Å². The SMILES string of the molecule is C=CC(=O)NCCN(CP(=O)(O)O)CP(=O)(O)O. The fraction of sp³-hybridized carbons (Fsp3) is 0.571. The van der Waals surface area contributed by atoms with Crippen LogP contribution in [-0.4, -0.2) is 56.0 Å². The first kappa shape index (κ1) is 17.5. The second-order valence-electron chi connectivity index (χ2n) is 3.50. The highest BCUT2D eigenvalue weighted by molar-refractivity contribution is 7.52. The van der Waals surface area contributed by atoms with Crippen LogP contribution >= 0.6 is 15.2 Å². The Balaban J connectivity index is 4.39. The Kier molecular flexibility index (Phi) is 6.94. The maximum atomic E-state index is 10.8. The molecule has 0 radical (unpaired) electrons. The molecule has 0 fully saturated rings. The molecule has 0 atom stereocenters. The molecule has 0 bridgehead atoms. The van der Waals surface area contributed by atoms with Crippen LogP contribution in [0.4, 0.5) is 0 Å². The third-order valence-corrected chi connectivity index (χ3v) is 3.22. The molecule has 0 heterocycles. The van der Waals surface area contributed by atoms with Gasteiger partial charge in [0.05, 0.1) is 0 Å². The molecule has 5 N–H and O–H groups in total. The van der Waals surface area contributed by atoms with E-state index in [-0.39, 0.29) is 13.1 Å². The van der Waals surface area contributed by atoms with Crippen LogP contribution in [0.2, 0.25) is 0 Å². The molecule has 11 heteroatoms. The zero-order chi connectivity index (χ0) is 14.4. The van der Waals surface area contributed by atoms with Crippen molar-refractivity contribution < 1.29 is 33.5 Å². The van der Waals surface area contributed by atoms with Crippen molar-refractivity contribution in [3.05, 3.63) is 12.7 Å². The molecule has 0 aliphatic heterocycles. The zero-order valence-corrected chi connectivity index (χ0v) is 11.3. The number of carbonyl (C=O) groups is 1. The van der Waals surface area contributed by atoms with Gasteiger partial charge in [-0.15, -0.1) is 0 Å². The van der Waals surface area contributed by atoms with Gasteiger partial charge in [-0.25, -0.2) is 0 Å². The molecule has 106 valence electrons. The van der Waals surface area contributed by atoms with Crippen LogP contribution in [-0.2, 0) is 13.9 Å². The Bertz CT molecular complexity index is 363. The van der Waals surface area contributed by atoms with Gasteiger partial charge in [0.15, 0.2) is 0 Å². The van der Waals surface area contributed by atoms with Gasteiger partial charge in [0.2, 0.25) is 5.91 Å². The molecule has 1 amide bonds. The second kappa shape index (κ2) is 7.16. The molecule has 9 nitrogen and oxygen atoms in total. The third kappa shape index (κ3) is 10.6. The molecule has 0 saturated carbocycles. The normalized spacial score (nSPS) is 12.5. The lowest BCUT2D eigenvalue weighted by molar-refractivity contribution is -0.116. The maximum Gasteiger partial charge on any atom is 0.339 e. The fourth-order valence-corrected chi connectivity index (χ4v) is 2.80. The molecule has 0 aliphatic rings. The maximum absolute atomic E-state index is 10.8. The molecule has 0 spiro atoms. The molecule has 0 rings (SSSR count). The average molecular weight is 302 g/mol. The van der Waals surface area contributed by atoms with Crippen LogP contribution in [0.1, 0.15) is 0 Å². The van der Waals surface area contributed by atoms with E-state index in [1.807, 2.05) is 0 Å². The molecule has 0 aromatic carbocycles. The summed E-state index contributed by atoms with van der Waals surface area (Å²) in [6.45, 7) is 3.09. The van der Waals surface area contributed by atoms with Gasteiger partial charge in [-0.1, -0.05) is 6.58 Å². The molecular formula is C7H16N2O7P2. The first-order valence-corrected chi connectivity index (χ1v) is 8.35. The summed E-state index contributed by atoms with van der Waals surface area (Å²) >= 11 is 0. The van der Waals surface area contributed by atoms with E-state index in [1.54, 1.807) is 0 Å². The van der Waals surface area contributed by atoms with Gasteiger partial charge in [-0.2, -0.15) is 0 Å². The lowest BCUT2D eigenvalue weighted by Gasteiger charge is -2.22. The zero-order valence-electron chi connectivity index (χ0n) is 9.47. The first-order valence-electron chi connectivity index (χ1n) is 4.75. The average Bonchev–Trinajstić information content (AvgIpc) is 2.12. The van der Waals surface area contributed by atoms with Crippen molar-refractivity contribution in [2.45, 2.75) is 0 Å². The van der Waals surface area contributed by atoms with E-state index in [4.69, 9.17) is 19.6 Å². The minimum absolute atomic E-state index is 0.00907. The Morgan fingerprint density at radius 3 is 1.94 bits per heavy atom. The van der Waals surface area contributed by atoms with Crippen LogP contribution in [0.3, 0.4) is 0 Å². The van der Waals surface area contributed by atoms with Gasteiger partial charge >= 0.3 is 15.2 Å². The van der Waals surface area contributed by atoms with Gasteiger partial charge in [-0.05, 0) is 6.08 Å². The van der Waals surface area contributed by atoms with Crippen molar-refractivity contribution >= 4 is 21.1 Å². The van der Waals surface area contributed by atoms with Gasteiger partial charge in [0, 0.05) is 13.1 Å². The van der Waals surface area contributed by atoms with Gasteiger partial charge in [0.1, 0.15) is 12.6 Å². The highest BCUT2D eigenvalue weighted by atomic mass is 31.2. The molecule has 0 aromatic rings. The van der Waals surface area contributed by atoms with Crippen molar-refractivity contribution in [3.63, 3.8) is 0 Å². The highest BCUT2D eigenvalue weighted by Gasteiger charge is 2.25. The standard InChI is InChI=1S/C7H16N2O7P2/c1-2-7(10)8-3-4-9(5-17(11,12)13)6-18(14,15)16/h2H,1,3-6H2,(H,8,10)(H2,11,12,13)(H2,14,15,16). The lowest BCUT2D eigenvalue weighted by atomic mass is 10.5. The Hall–Kier alpha value is -0.530. The van der Waals surface area contributed by atoms with E-state index in [0.29, 0.717) is 0 Å². The Morgan fingerprint density at radius 2 is 1.61 bits per heavy atom. The number of nitrogens with one attached hydrogen (secondary N) is 1. The van der Waals surface area contributed by atoms with E-state index in [2.05, 4.69) is 11.9 Å². The van der Waals surface area contributed by atoms with E-state index in [0.717, 1.165) is 11.0 Å². The number of nitrogens with zero attached hydrogens (tertiary/aromatic N) is 1. The predicted octanol–water partition coefficient (Wildman–Crippen LogP) is -1.14. The van der Waals surface area contributed by atoms with Gasteiger partial charge < -0.3 is 24.9 Å². The second-order valence-corrected chi connectivity index (χ2v) is 6.73. The summed E-state index contributed by atoms with van der Waals surface area (Å²) in [7, 11) is -8.86. The molecular weight excluding hydrogens is 286 g/mol. The molecule has 18 heavy (non-hydrogen) atoms. The fourth-order valence-electron chi connectivity index (χ4n) is 1.12. The van der Waals surface area contributed by atoms with Gasteiger partial charge in [-0.3, -0.25) is 18.8 Å². The summed E-state index contributed by atoms with van der Waals surface area (Å²) in [5, 5.41) is 2.33. The Morgan fingerprint density at radius 1 is 1.17 bits per heavy atom. The molecule has 0 aliphatic carbocycles. The van der Waals surface area contributed by atoms with E-state index in [1.165, 1.54) is 0 Å². The highest BCUT2D eigenvalue weighted by Crippen LogP contribution is 2.40. The largest absolute Gasteiger partial charge is 0.351 e.